The van der Waals surface area contributed by atoms with Gasteiger partial charge in [-0.1, -0.05) is 0 Å². The minimum absolute atomic E-state index is 0.0964. The fourth-order valence-corrected chi connectivity index (χ4v) is 2.11. The molecule has 3 aromatic rings. The molecular formula is C14H10F3N3. The predicted octanol–water partition coefficient (Wildman–Crippen LogP) is 3.81. The summed E-state index contributed by atoms with van der Waals surface area (Å²) in [5.74, 6) is -0.373. The van der Waals surface area contributed by atoms with Crippen molar-refractivity contribution in [2.75, 3.05) is 0 Å². The third-order valence-corrected chi connectivity index (χ3v) is 3.01. The minimum atomic E-state index is -2.59. The third-order valence-electron chi connectivity index (χ3n) is 3.01. The first-order chi connectivity index (χ1) is 9.56. The summed E-state index contributed by atoms with van der Waals surface area (Å²) in [6, 6.07) is 6.96. The molecule has 0 bridgehead atoms. The highest BCUT2D eigenvalue weighted by Gasteiger charge is 2.17. The van der Waals surface area contributed by atoms with Gasteiger partial charge in [0.1, 0.15) is 5.82 Å². The van der Waals surface area contributed by atoms with Crippen LogP contribution in [0.1, 0.15) is 17.7 Å². The van der Waals surface area contributed by atoms with Crippen LogP contribution in [0.25, 0.3) is 16.7 Å². The zero-order valence-corrected chi connectivity index (χ0v) is 10.5. The van der Waals surface area contributed by atoms with E-state index in [2.05, 4.69) is 10.1 Å². The van der Waals surface area contributed by atoms with E-state index in [-0.39, 0.29) is 11.4 Å². The second-order valence-corrected chi connectivity index (χ2v) is 4.42. The molecule has 0 fully saturated rings. The molecule has 0 saturated heterocycles. The number of halogens is 3. The standard InChI is InChI=1S/C14H10F3N3/c1-8-6-11(13(16)17)12-7-18-20(14(12)19-8)10-4-2-9(15)3-5-10/h2-7,13H,1H3. The van der Waals surface area contributed by atoms with Gasteiger partial charge < -0.3 is 0 Å². The normalized spacial score (nSPS) is 11.4. The smallest absolute Gasteiger partial charge is 0.233 e. The van der Waals surface area contributed by atoms with Gasteiger partial charge in [-0.25, -0.2) is 22.8 Å². The lowest BCUT2D eigenvalue weighted by molar-refractivity contribution is 0.153. The number of alkyl halides is 2. The van der Waals surface area contributed by atoms with E-state index in [1.54, 1.807) is 6.92 Å². The van der Waals surface area contributed by atoms with E-state index in [0.717, 1.165) is 0 Å². The zero-order chi connectivity index (χ0) is 14.3. The van der Waals surface area contributed by atoms with Crippen LogP contribution in [0.2, 0.25) is 0 Å². The van der Waals surface area contributed by atoms with E-state index < -0.39 is 6.43 Å². The van der Waals surface area contributed by atoms with Gasteiger partial charge in [0.05, 0.1) is 11.9 Å². The van der Waals surface area contributed by atoms with E-state index in [4.69, 9.17) is 0 Å². The Bertz CT molecular complexity index is 763. The molecule has 3 rings (SSSR count). The molecule has 0 aliphatic carbocycles. The molecule has 102 valence electrons. The molecule has 0 amide bonds. The van der Waals surface area contributed by atoms with Crippen LogP contribution in [-0.4, -0.2) is 14.8 Å². The van der Waals surface area contributed by atoms with Crippen LogP contribution in [0.15, 0.2) is 36.5 Å². The van der Waals surface area contributed by atoms with Crippen LogP contribution in [0.5, 0.6) is 0 Å². The molecule has 2 aromatic heterocycles. The van der Waals surface area contributed by atoms with Gasteiger partial charge in [0, 0.05) is 16.6 Å². The Kier molecular flexibility index (Phi) is 2.93. The molecule has 20 heavy (non-hydrogen) atoms. The Morgan fingerprint density at radius 2 is 1.85 bits per heavy atom. The molecule has 6 heteroatoms. The quantitative estimate of drug-likeness (QED) is 0.713. The van der Waals surface area contributed by atoms with Gasteiger partial charge >= 0.3 is 0 Å². The summed E-state index contributed by atoms with van der Waals surface area (Å²) in [4.78, 5) is 4.25. The molecule has 0 unspecified atom stereocenters. The van der Waals surface area contributed by atoms with Crippen molar-refractivity contribution in [2.45, 2.75) is 13.3 Å². The number of hydrogen-bond donors (Lipinski definition) is 0. The van der Waals surface area contributed by atoms with Crippen LogP contribution in [0.3, 0.4) is 0 Å². The van der Waals surface area contributed by atoms with E-state index in [0.29, 0.717) is 22.4 Å². The first-order valence-electron chi connectivity index (χ1n) is 5.95. The summed E-state index contributed by atoms with van der Waals surface area (Å²) >= 11 is 0. The third kappa shape index (κ3) is 2.03. The number of rotatable bonds is 2. The second kappa shape index (κ2) is 4.63. The Morgan fingerprint density at radius 3 is 2.50 bits per heavy atom. The van der Waals surface area contributed by atoms with Gasteiger partial charge in [0.15, 0.2) is 5.65 Å². The molecule has 1 aromatic carbocycles. The van der Waals surface area contributed by atoms with Gasteiger partial charge in [-0.15, -0.1) is 0 Å². The average molecular weight is 277 g/mol. The van der Waals surface area contributed by atoms with Crippen LogP contribution in [0.4, 0.5) is 13.2 Å². The average Bonchev–Trinajstić information content (AvgIpc) is 2.82. The maximum Gasteiger partial charge on any atom is 0.264 e. The summed E-state index contributed by atoms with van der Waals surface area (Å²) in [6.07, 6.45) is -1.24. The maximum atomic E-state index is 13.0. The summed E-state index contributed by atoms with van der Waals surface area (Å²) in [6.45, 7) is 1.65. The van der Waals surface area contributed by atoms with E-state index in [1.807, 2.05) is 0 Å². The lowest BCUT2D eigenvalue weighted by Crippen LogP contribution is -1.99. The fraction of sp³-hybridized carbons (Fsp3) is 0.143. The van der Waals surface area contributed by atoms with E-state index in [9.17, 15) is 13.2 Å². The Hall–Kier alpha value is -2.37. The first-order valence-corrected chi connectivity index (χ1v) is 5.95. The van der Waals surface area contributed by atoms with Gasteiger partial charge in [0.25, 0.3) is 6.43 Å². The van der Waals surface area contributed by atoms with Crippen LogP contribution < -0.4 is 0 Å². The molecule has 0 aliphatic rings. The Morgan fingerprint density at radius 1 is 1.15 bits per heavy atom. The summed E-state index contributed by atoms with van der Waals surface area (Å²) in [5.41, 5.74) is 1.30. The van der Waals surface area contributed by atoms with Gasteiger partial charge in [-0.2, -0.15) is 5.10 Å². The molecule has 0 aliphatic heterocycles. The van der Waals surface area contributed by atoms with Crippen LogP contribution in [0, 0.1) is 12.7 Å². The molecule has 3 nitrogen and oxygen atoms in total. The number of fused-ring (bicyclic) bond motifs is 1. The van der Waals surface area contributed by atoms with Crippen molar-refractivity contribution in [1.29, 1.82) is 0 Å². The first kappa shape index (κ1) is 12.7. The van der Waals surface area contributed by atoms with Crippen molar-refractivity contribution < 1.29 is 13.2 Å². The van der Waals surface area contributed by atoms with Crippen molar-refractivity contribution >= 4 is 11.0 Å². The summed E-state index contributed by atoms with van der Waals surface area (Å²) in [7, 11) is 0. The van der Waals surface area contributed by atoms with Crippen molar-refractivity contribution in [3.05, 3.63) is 53.6 Å². The molecule has 0 saturated carbocycles. The SMILES string of the molecule is Cc1cc(C(F)F)c2cnn(-c3ccc(F)cc3)c2n1. The fourth-order valence-electron chi connectivity index (χ4n) is 2.11. The second-order valence-electron chi connectivity index (χ2n) is 4.42. The number of aromatic nitrogens is 3. The Balaban J connectivity index is 2.25. The highest BCUT2D eigenvalue weighted by Crippen LogP contribution is 2.28. The highest BCUT2D eigenvalue weighted by molar-refractivity contribution is 5.80. The van der Waals surface area contributed by atoms with Crippen molar-refractivity contribution in [3.8, 4) is 5.69 Å². The van der Waals surface area contributed by atoms with Crippen molar-refractivity contribution in [1.82, 2.24) is 14.8 Å². The van der Waals surface area contributed by atoms with Crippen LogP contribution in [-0.2, 0) is 0 Å². The predicted molar refractivity (Wildman–Crippen MR) is 68.5 cm³/mol. The molecule has 2 heterocycles. The minimum Gasteiger partial charge on any atom is -0.233 e. The van der Waals surface area contributed by atoms with Crippen molar-refractivity contribution in [2.24, 2.45) is 0 Å². The maximum absolute atomic E-state index is 13.0. The van der Waals surface area contributed by atoms with E-state index >= 15 is 0 Å². The molecule has 0 atom stereocenters. The molecular weight excluding hydrogens is 267 g/mol. The van der Waals surface area contributed by atoms with Crippen molar-refractivity contribution in [3.63, 3.8) is 0 Å². The molecule has 0 spiro atoms. The Labute approximate surface area is 112 Å². The lowest BCUT2D eigenvalue weighted by Gasteiger charge is -2.06. The van der Waals surface area contributed by atoms with E-state index in [1.165, 1.54) is 41.2 Å². The topological polar surface area (TPSA) is 30.7 Å². The number of pyridine rings is 1. The number of hydrogen-bond acceptors (Lipinski definition) is 2. The van der Waals surface area contributed by atoms with Gasteiger partial charge in [0.2, 0.25) is 0 Å². The number of nitrogens with zero attached hydrogens (tertiary/aromatic N) is 3. The monoisotopic (exact) mass is 277 g/mol. The van der Waals surface area contributed by atoms with Gasteiger partial charge in [-0.3, -0.25) is 0 Å². The molecule has 0 radical (unpaired) electrons. The number of benzene rings is 1. The lowest BCUT2D eigenvalue weighted by atomic mass is 10.1. The summed E-state index contributed by atoms with van der Waals surface area (Å²) in [5, 5.41) is 4.38. The molecule has 0 N–H and O–H groups in total. The van der Waals surface area contributed by atoms with Crippen LogP contribution >= 0.6 is 0 Å². The zero-order valence-electron chi connectivity index (χ0n) is 10.5. The summed E-state index contributed by atoms with van der Waals surface area (Å²) < 4.78 is 40.4. The number of aryl methyl sites for hydroxylation is 1. The van der Waals surface area contributed by atoms with Gasteiger partial charge in [-0.05, 0) is 37.3 Å². The highest BCUT2D eigenvalue weighted by atomic mass is 19.3. The largest absolute Gasteiger partial charge is 0.264 e.